The fourth-order valence-corrected chi connectivity index (χ4v) is 1.50. The van der Waals surface area contributed by atoms with Crippen LogP contribution in [0.5, 0.6) is 0 Å². The maximum atomic E-state index is 6.94. The van der Waals surface area contributed by atoms with Crippen LogP contribution in [0, 0.1) is 0 Å². The van der Waals surface area contributed by atoms with Gasteiger partial charge in [0.25, 0.3) is 0 Å². The van der Waals surface area contributed by atoms with E-state index in [1.54, 1.807) is 6.20 Å². The molecule has 0 saturated heterocycles. The quantitative estimate of drug-likeness (QED) is 0.585. The van der Waals surface area contributed by atoms with Gasteiger partial charge >= 0.3 is 0 Å². The van der Waals surface area contributed by atoms with Crippen LogP contribution < -0.4 is 4.72 Å². The zero-order chi connectivity index (χ0) is 13.8. The van der Waals surface area contributed by atoms with E-state index >= 15 is 0 Å². The van der Waals surface area contributed by atoms with E-state index in [0.717, 1.165) is 21.5 Å². The molecule has 2 rings (SSSR count). The van der Waals surface area contributed by atoms with Crippen molar-refractivity contribution in [3.63, 3.8) is 0 Å². The van der Waals surface area contributed by atoms with Crippen LogP contribution >= 0.6 is 12.6 Å². The summed E-state index contributed by atoms with van der Waals surface area (Å²) in [6.07, 6.45) is 1.72. The number of thiol groups is 1. The number of nitrogens with one attached hydrogen (secondary N) is 2. The Hall–Kier alpha value is 0.194. The monoisotopic (exact) mass is 368 g/mol. The number of hydrogen-bond acceptors (Lipinski definition) is 4. The minimum absolute atomic E-state index is 0. The zero-order valence-corrected chi connectivity index (χ0v) is 15.8. The van der Waals surface area contributed by atoms with Gasteiger partial charge in [-0.2, -0.15) is 0 Å². The third kappa shape index (κ3) is 8.15. The van der Waals surface area contributed by atoms with Crippen LogP contribution in [-0.2, 0) is 45.5 Å². The molecule has 3 nitrogen and oxygen atoms in total. The van der Waals surface area contributed by atoms with Gasteiger partial charge in [0.2, 0.25) is 0 Å². The number of fused-ring (bicyclic) bond motifs is 1. The standard InChI is InChI=1S/C9H7N2S2.C4H10N.Y/c12-8-1-2-9-6(4-8)3-7(11-13)5-10-9;1-4(2,3)5;/h1-5,11-12H;5H,1-3H3;/q2*-1;. The van der Waals surface area contributed by atoms with Gasteiger partial charge in [-0.05, 0) is 24.3 Å². The van der Waals surface area contributed by atoms with Gasteiger partial charge in [0.15, 0.2) is 0 Å². The topological polar surface area (TPSA) is 48.7 Å². The fourth-order valence-electron chi connectivity index (χ4n) is 1.17. The Morgan fingerprint density at radius 3 is 2.37 bits per heavy atom. The maximum Gasteiger partial charge on any atom is 0.0704 e. The normalized spacial score (nSPS) is 10.2. The SMILES string of the molecule is CC(C)(C)[NH-].[S-]Nc1cnc2ccc(S)cc2c1.[Y]. The molecule has 0 spiro atoms. The number of rotatable bonds is 1. The minimum atomic E-state index is -0.250. The number of benzene rings is 1. The first-order valence-corrected chi connectivity index (χ1v) is 6.37. The largest absolute Gasteiger partial charge is 0.673 e. The van der Waals surface area contributed by atoms with Crippen molar-refractivity contribution in [3.8, 4) is 0 Å². The van der Waals surface area contributed by atoms with E-state index in [1.165, 1.54) is 0 Å². The van der Waals surface area contributed by atoms with E-state index in [0.29, 0.717) is 0 Å². The van der Waals surface area contributed by atoms with Crippen LogP contribution in [0.2, 0.25) is 0 Å². The summed E-state index contributed by atoms with van der Waals surface area (Å²) in [5.41, 5.74) is 8.47. The number of anilines is 1. The Labute approximate surface area is 151 Å². The molecule has 0 amide bonds. The van der Waals surface area contributed by atoms with Gasteiger partial charge in [-0.25, -0.2) is 0 Å². The number of hydrogen-bond donors (Lipinski definition) is 2. The van der Waals surface area contributed by atoms with Crippen molar-refractivity contribution < 1.29 is 32.7 Å². The Kier molecular flexibility index (Phi) is 8.56. The van der Waals surface area contributed by atoms with Gasteiger partial charge in [0, 0.05) is 54.9 Å². The van der Waals surface area contributed by atoms with Crippen molar-refractivity contribution in [2.45, 2.75) is 31.2 Å². The van der Waals surface area contributed by atoms with Gasteiger partial charge in [0.1, 0.15) is 0 Å². The zero-order valence-electron chi connectivity index (χ0n) is 11.3. The minimum Gasteiger partial charge on any atom is -0.673 e. The average molecular weight is 368 g/mol. The number of pyridine rings is 1. The van der Waals surface area contributed by atoms with E-state index < -0.39 is 0 Å². The molecule has 0 atom stereocenters. The molecule has 1 heterocycles. The molecule has 0 bridgehead atoms. The van der Waals surface area contributed by atoms with Crippen molar-refractivity contribution in [3.05, 3.63) is 36.2 Å². The van der Waals surface area contributed by atoms with Crippen molar-refractivity contribution in [1.82, 2.24) is 4.98 Å². The molecule has 0 unspecified atom stereocenters. The fraction of sp³-hybridized carbons (Fsp3) is 0.308. The molecule has 1 aromatic heterocycles. The van der Waals surface area contributed by atoms with Gasteiger partial charge < -0.3 is 23.3 Å². The van der Waals surface area contributed by atoms with Crippen LogP contribution in [0.4, 0.5) is 5.69 Å². The molecule has 2 N–H and O–H groups in total. The predicted octanol–water partition coefficient (Wildman–Crippen LogP) is 4.23. The first kappa shape index (κ1) is 19.2. The second-order valence-electron chi connectivity index (χ2n) is 4.95. The first-order valence-electron chi connectivity index (χ1n) is 5.51. The second kappa shape index (κ2) is 8.47. The molecule has 0 aliphatic carbocycles. The third-order valence-electron chi connectivity index (χ3n) is 1.78. The van der Waals surface area contributed by atoms with Crippen LogP contribution in [0.1, 0.15) is 20.8 Å². The summed E-state index contributed by atoms with van der Waals surface area (Å²) in [6.45, 7) is 5.56. The third-order valence-corrected chi connectivity index (χ3v) is 2.30. The number of aromatic nitrogens is 1. The van der Waals surface area contributed by atoms with Gasteiger partial charge in [0.05, 0.1) is 5.52 Å². The summed E-state index contributed by atoms with van der Waals surface area (Å²) < 4.78 is 2.63. The van der Waals surface area contributed by atoms with Crippen LogP contribution in [-0.4, -0.2) is 10.5 Å². The van der Waals surface area contributed by atoms with Gasteiger partial charge in [-0.1, -0.05) is 20.8 Å². The van der Waals surface area contributed by atoms with E-state index in [9.17, 15) is 0 Å². The van der Waals surface area contributed by atoms with Gasteiger partial charge in [-0.15, -0.1) is 18.2 Å². The summed E-state index contributed by atoms with van der Waals surface area (Å²) >= 11 is 8.95. The molecule has 0 aliphatic rings. The number of nitrogens with zero attached hydrogens (tertiary/aromatic N) is 1. The summed E-state index contributed by atoms with van der Waals surface area (Å²) in [4.78, 5) is 5.16. The summed E-state index contributed by atoms with van der Waals surface area (Å²) in [7, 11) is 0. The molecule has 6 heteroatoms. The molecular formula is C13H17N3S2Y-2. The van der Waals surface area contributed by atoms with Crippen molar-refractivity contribution in [1.29, 1.82) is 0 Å². The molecule has 1 radical (unpaired) electrons. The molecule has 1 aromatic carbocycles. The van der Waals surface area contributed by atoms with Crippen molar-refractivity contribution in [2.24, 2.45) is 0 Å². The molecule has 0 saturated carbocycles. The van der Waals surface area contributed by atoms with Crippen LogP contribution in [0.15, 0.2) is 35.4 Å². The van der Waals surface area contributed by atoms with E-state index in [2.05, 4.69) is 22.3 Å². The molecule has 0 aliphatic heterocycles. The van der Waals surface area contributed by atoms with Crippen molar-refractivity contribution in [2.75, 3.05) is 4.72 Å². The second-order valence-corrected chi connectivity index (χ2v) is 5.67. The summed E-state index contributed by atoms with van der Waals surface area (Å²) in [5, 5.41) is 1.04. The van der Waals surface area contributed by atoms with Crippen LogP contribution in [0.3, 0.4) is 0 Å². The Morgan fingerprint density at radius 2 is 1.84 bits per heavy atom. The summed E-state index contributed by atoms with van der Waals surface area (Å²) in [5.74, 6) is 0. The molecular weight excluding hydrogens is 351 g/mol. The average Bonchev–Trinajstić information content (AvgIpc) is 2.25. The first-order chi connectivity index (χ1) is 8.29. The predicted molar refractivity (Wildman–Crippen MR) is 84.1 cm³/mol. The van der Waals surface area contributed by atoms with Crippen LogP contribution in [0.25, 0.3) is 16.6 Å². The van der Waals surface area contributed by atoms with E-state index in [-0.39, 0.29) is 38.2 Å². The molecule has 2 aromatic rings. The molecule has 19 heavy (non-hydrogen) atoms. The van der Waals surface area contributed by atoms with Crippen molar-refractivity contribution >= 4 is 42.0 Å². The molecule has 0 fully saturated rings. The van der Waals surface area contributed by atoms with Gasteiger partial charge in [-0.3, -0.25) is 4.98 Å². The summed E-state index contributed by atoms with van der Waals surface area (Å²) in [6, 6.07) is 7.76. The Morgan fingerprint density at radius 1 is 1.26 bits per heavy atom. The Balaban J connectivity index is 0.000000471. The smallest absolute Gasteiger partial charge is 0.0704 e. The van der Waals surface area contributed by atoms with E-state index in [4.69, 9.17) is 18.5 Å². The Bertz CT molecular complexity index is 521. The van der Waals surface area contributed by atoms with E-state index in [1.807, 2.05) is 45.0 Å². The maximum absolute atomic E-state index is 6.94. The molecule has 101 valence electrons.